The first-order valence-electron chi connectivity index (χ1n) is 5.40. The third-order valence-corrected chi connectivity index (χ3v) is 3.27. The number of hydrogen-bond donors (Lipinski definition) is 2. The molecule has 1 amide bonds. The zero-order valence-electron chi connectivity index (χ0n) is 9.76. The van der Waals surface area contributed by atoms with Crippen LogP contribution in [0.5, 0.6) is 0 Å². The number of pyridine rings is 1. The van der Waals surface area contributed by atoms with Gasteiger partial charge >= 0.3 is 0 Å². The fourth-order valence-corrected chi connectivity index (χ4v) is 2.15. The maximum absolute atomic E-state index is 12.1. The molecule has 0 bridgehead atoms. The standard InChI is InChI=1S/C13H10BrN3OS/c14-9-5-3-7-16-11(9)13(18)17-10-6-2-1-4-8(10)12(15)19/h1-7H,(H2,15,19)(H,17,18). The highest BCUT2D eigenvalue weighted by atomic mass is 79.9. The number of thiocarbonyl (C=S) groups is 1. The van der Waals surface area contributed by atoms with E-state index in [1.54, 1.807) is 42.6 Å². The fourth-order valence-electron chi connectivity index (χ4n) is 1.54. The summed E-state index contributed by atoms with van der Waals surface area (Å²) < 4.78 is 0.625. The predicted molar refractivity (Wildman–Crippen MR) is 82.2 cm³/mol. The molecule has 3 N–H and O–H groups in total. The van der Waals surface area contributed by atoms with E-state index in [9.17, 15) is 4.79 Å². The minimum absolute atomic E-state index is 0.232. The molecule has 1 aromatic carbocycles. The Morgan fingerprint density at radius 2 is 2.00 bits per heavy atom. The zero-order valence-corrected chi connectivity index (χ0v) is 12.2. The molecule has 19 heavy (non-hydrogen) atoms. The minimum Gasteiger partial charge on any atom is -0.389 e. The van der Waals surface area contributed by atoms with Gasteiger partial charge in [0.1, 0.15) is 10.7 Å². The molecule has 0 saturated heterocycles. The molecule has 0 radical (unpaired) electrons. The van der Waals surface area contributed by atoms with Gasteiger partial charge in [0.05, 0.1) is 5.69 Å². The summed E-state index contributed by atoms with van der Waals surface area (Å²) in [6.07, 6.45) is 1.55. The lowest BCUT2D eigenvalue weighted by atomic mass is 10.1. The Morgan fingerprint density at radius 1 is 1.26 bits per heavy atom. The molecule has 0 atom stereocenters. The molecule has 0 aliphatic heterocycles. The van der Waals surface area contributed by atoms with E-state index in [2.05, 4.69) is 26.2 Å². The summed E-state index contributed by atoms with van der Waals surface area (Å²) in [5.74, 6) is -0.323. The first kappa shape index (κ1) is 13.6. The molecule has 1 heterocycles. The van der Waals surface area contributed by atoms with Crippen molar-refractivity contribution < 1.29 is 4.79 Å². The summed E-state index contributed by atoms with van der Waals surface area (Å²) in [5.41, 5.74) is 7.11. The number of carbonyl (C=O) groups is 1. The van der Waals surface area contributed by atoms with Crippen molar-refractivity contribution in [3.8, 4) is 0 Å². The van der Waals surface area contributed by atoms with Crippen LogP contribution in [0.4, 0.5) is 5.69 Å². The van der Waals surface area contributed by atoms with Crippen molar-refractivity contribution in [2.75, 3.05) is 5.32 Å². The van der Waals surface area contributed by atoms with E-state index in [0.29, 0.717) is 21.4 Å². The SMILES string of the molecule is NC(=S)c1ccccc1NC(=O)c1ncccc1Br. The number of anilines is 1. The van der Waals surface area contributed by atoms with Gasteiger partial charge in [0.15, 0.2) is 0 Å². The van der Waals surface area contributed by atoms with Gasteiger partial charge < -0.3 is 11.1 Å². The highest BCUT2D eigenvalue weighted by molar-refractivity contribution is 9.10. The monoisotopic (exact) mass is 335 g/mol. The van der Waals surface area contributed by atoms with Gasteiger partial charge in [0.25, 0.3) is 5.91 Å². The lowest BCUT2D eigenvalue weighted by Crippen LogP contribution is -2.18. The lowest BCUT2D eigenvalue weighted by Gasteiger charge is -2.10. The highest BCUT2D eigenvalue weighted by Gasteiger charge is 2.13. The number of hydrogen-bond acceptors (Lipinski definition) is 3. The molecule has 0 unspecified atom stereocenters. The summed E-state index contributed by atoms with van der Waals surface area (Å²) in [7, 11) is 0. The Labute approximate surface area is 124 Å². The average molecular weight is 336 g/mol. The Morgan fingerprint density at radius 3 is 2.68 bits per heavy atom. The van der Waals surface area contributed by atoms with Gasteiger partial charge in [-0.05, 0) is 40.2 Å². The van der Waals surface area contributed by atoms with Crippen LogP contribution in [-0.2, 0) is 0 Å². The van der Waals surface area contributed by atoms with Crippen LogP contribution in [0.3, 0.4) is 0 Å². The number of aromatic nitrogens is 1. The summed E-state index contributed by atoms with van der Waals surface area (Å²) in [4.78, 5) is 16.4. The second-order valence-electron chi connectivity index (χ2n) is 3.70. The van der Waals surface area contributed by atoms with Crippen molar-refractivity contribution >= 4 is 44.7 Å². The van der Waals surface area contributed by atoms with Gasteiger partial charge in [-0.15, -0.1) is 0 Å². The van der Waals surface area contributed by atoms with Gasteiger partial charge in [-0.3, -0.25) is 4.79 Å². The largest absolute Gasteiger partial charge is 0.389 e. The first-order chi connectivity index (χ1) is 9.09. The lowest BCUT2D eigenvalue weighted by molar-refractivity contribution is 0.102. The van der Waals surface area contributed by atoms with Crippen LogP contribution in [0.15, 0.2) is 47.1 Å². The zero-order chi connectivity index (χ0) is 13.8. The third-order valence-electron chi connectivity index (χ3n) is 2.41. The molecule has 96 valence electrons. The molecule has 0 fully saturated rings. The van der Waals surface area contributed by atoms with Crippen LogP contribution in [0.2, 0.25) is 0 Å². The number of nitrogens with one attached hydrogen (secondary N) is 1. The fraction of sp³-hybridized carbons (Fsp3) is 0. The smallest absolute Gasteiger partial charge is 0.275 e. The van der Waals surface area contributed by atoms with Crippen LogP contribution in [-0.4, -0.2) is 15.9 Å². The highest BCUT2D eigenvalue weighted by Crippen LogP contribution is 2.18. The Bertz CT molecular complexity index is 645. The second kappa shape index (κ2) is 5.90. The topological polar surface area (TPSA) is 68.0 Å². The van der Waals surface area contributed by atoms with E-state index >= 15 is 0 Å². The number of para-hydroxylation sites is 1. The quantitative estimate of drug-likeness (QED) is 0.846. The van der Waals surface area contributed by atoms with Gasteiger partial charge in [-0.2, -0.15) is 0 Å². The van der Waals surface area contributed by atoms with Crippen LogP contribution >= 0.6 is 28.1 Å². The van der Waals surface area contributed by atoms with Crippen molar-refractivity contribution in [3.63, 3.8) is 0 Å². The number of halogens is 1. The van der Waals surface area contributed by atoms with Crippen molar-refractivity contribution in [3.05, 3.63) is 58.3 Å². The van der Waals surface area contributed by atoms with E-state index in [0.717, 1.165) is 0 Å². The first-order valence-corrected chi connectivity index (χ1v) is 6.60. The molecule has 0 aliphatic rings. The van der Waals surface area contributed by atoms with Crippen molar-refractivity contribution in [1.82, 2.24) is 4.98 Å². The molecule has 2 aromatic rings. The number of amides is 1. The second-order valence-corrected chi connectivity index (χ2v) is 4.99. The van der Waals surface area contributed by atoms with Crippen molar-refractivity contribution in [2.24, 2.45) is 5.73 Å². The molecule has 0 saturated carbocycles. The summed E-state index contributed by atoms with van der Waals surface area (Å²) in [6.45, 7) is 0. The maximum Gasteiger partial charge on any atom is 0.275 e. The molecule has 2 rings (SSSR count). The van der Waals surface area contributed by atoms with E-state index in [1.807, 2.05) is 0 Å². The molecular weight excluding hydrogens is 326 g/mol. The third kappa shape index (κ3) is 3.15. The molecular formula is C13H10BrN3OS. The minimum atomic E-state index is -0.323. The average Bonchev–Trinajstić information content (AvgIpc) is 2.39. The van der Waals surface area contributed by atoms with Crippen LogP contribution in [0.1, 0.15) is 16.1 Å². The number of nitrogens with two attached hydrogens (primary N) is 1. The van der Waals surface area contributed by atoms with Crippen LogP contribution in [0, 0.1) is 0 Å². The molecule has 0 spiro atoms. The normalized spacial score (nSPS) is 9.95. The molecule has 1 aromatic heterocycles. The number of rotatable bonds is 3. The van der Waals surface area contributed by atoms with Crippen LogP contribution < -0.4 is 11.1 Å². The molecule has 6 heteroatoms. The Hall–Kier alpha value is -1.79. The molecule has 4 nitrogen and oxygen atoms in total. The maximum atomic E-state index is 12.1. The summed E-state index contributed by atoms with van der Waals surface area (Å²) in [6, 6.07) is 10.6. The van der Waals surface area contributed by atoms with Gasteiger partial charge in [-0.25, -0.2) is 4.98 Å². The van der Waals surface area contributed by atoms with Crippen LogP contribution in [0.25, 0.3) is 0 Å². The van der Waals surface area contributed by atoms with E-state index < -0.39 is 0 Å². The number of nitrogens with zero attached hydrogens (tertiary/aromatic N) is 1. The van der Waals surface area contributed by atoms with Gasteiger partial charge in [0, 0.05) is 16.2 Å². The van der Waals surface area contributed by atoms with Gasteiger partial charge in [0.2, 0.25) is 0 Å². The summed E-state index contributed by atoms with van der Waals surface area (Å²) in [5, 5.41) is 2.75. The Kier molecular flexibility index (Phi) is 4.24. The summed E-state index contributed by atoms with van der Waals surface area (Å²) >= 11 is 8.23. The van der Waals surface area contributed by atoms with E-state index in [-0.39, 0.29) is 10.9 Å². The number of carbonyl (C=O) groups excluding carboxylic acids is 1. The van der Waals surface area contributed by atoms with E-state index in [1.165, 1.54) is 0 Å². The van der Waals surface area contributed by atoms with Crippen molar-refractivity contribution in [2.45, 2.75) is 0 Å². The predicted octanol–water partition coefficient (Wildman–Crippen LogP) is 2.73. The van der Waals surface area contributed by atoms with E-state index in [4.69, 9.17) is 18.0 Å². The Balaban J connectivity index is 2.30. The van der Waals surface area contributed by atoms with Crippen molar-refractivity contribution in [1.29, 1.82) is 0 Å². The molecule has 0 aliphatic carbocycles. The van der Waals surface area contributed by atoms with Gasteiger partial charge in [-0.1, -0.05) is 24.4 Å². The number of benzene rings is 1.